The maximum Gasteiger partial charge on any atom is 0.0827 e. The first-order valence-corrected chi connectivity index (χ1v) is 5.31. The summed E-state index contributed by atoms with van der Waals surface area (Å²) in [6, 6.07) is 4.02. The monoisotopic (exact) mass is 216 g/mol. The van der Waals surface area contributed by atoms with Gasteiger partial charge in [0.1, 0.15) is 0 Å². The Kier molecular flexibility index (Phi) is 2.90. The van der Waals surface area contributed by atoms with Crippen LogP contribution in [0.1, 0.15) is 17.0 Å². The Bertz CT molecular complexity index is 473. The van der Waals surface area contributed by atoms with Crippen molar-refractivity contribution in [3.05, 3.63) is 41.5 Å². The van der Waals surface area contributed by atoms with Crippen molar-refractivity contribution in [3.8, 4) is 0 Å². The van der Waals surface area contributed by atoms with Crippen LogP contribution in [0.15, 0.2) is 24.5 Å². The molecule has 4 heteroatoms. The fraction of sp³-hybridized carbons (Fsp3) is 0.333. The van der Waals surface area contributed by atoms with E-state index in [9.17, 15) is 0 Å². The first-order valence-electron chi connectivity index (χ1n) is 5.31. The van der Waals surface area contributed by atoms with Gasteiger partial charge in [-0.3, -0.25) is 9.67 Å². The lowest BCUT2D eigenvalue weighted by Crippen LogP contribution is -2.01. The molecule has 2 aromatic heterocycles. The summed E-state index contributed by atoms with van der Waals surface area (Å²) < 4.78 is 1.89. The highest BCUT2D eigenvalue weighted by Gasteiger charge is 2.07. The van der Waals surface area contributed by atoms with Crippen molar-refractivity contribution in [1.29, 1.82) is 0 Å². The van der Waals surface area contributed by atoms with Crippen molar-refractivity contribution in [2.24, 2.45) is 7.05 Å². The van der Waals surface area contributed by atoms with Crippen LogP contribution in [0.5, 0.6) is 0 Å². The van der Waals surface area contributed by atoms with Gasteiger partial charge in [0.25, 0.3) is 0 Å². The van der Waals surface area contributed by atoms with Gasteiger partial charge < -0.3 is 5.32 Å². The van der Waals surface area contributed by atoms with Crippen LogP contribution in [-0.2, 0) is 13.6 Å². The fourth-order valence-electron chi connectivity index (χ4n) is 1.72. The van der Waals surface area contributed by atoms with Gasteiger partial charge >= 0.3 is 0 Å². The van der Waals surface area contributed by atoms with Gasteiger partial charge in [0.15, 0.2) is 0 Å². The molecule has 0 aliphatic heterocycles. The van der Waals surface area contributed by atoms with E-state index in [0.717, 1.165) is 23.6 Å². The Morgan fingerprint density at radius 3 is 2.50 bits per heavy atom. The van der Waals surface area contributed by atoms with Crippen LogP contribution >= 0.6 is 0 Å². The molecule has 0 saturated heterocycles. The van der Waals surface area contributed by atoms with Crippen molar-refractivity contribution in [2.75, 3.05) is 5.32 Å². The summed E-state index contributed by atoms with van der Waals surface area (Å²) in [7, 11) is 1.96. The third-order valence-corrected chi connectivity index (χ3v) is 2.73. The number of nitrogens with one attached hydrogen (secondary N) is 1. The zero-order valence-corrected chi connectivity index (χ0v) is 9.86. The summed E-state index contributed by atoms with van der Waals surface area (Å²) in [6.45, 7) is 4.88. The van der Waals surface area contributed by atoms with Crippen LogP contribution in [0.25, 0.3) is 0 Å². The van der Waals surface area contributed by atoms with Gasteiger partial charge in [-0.25, -0.2) is 0 Å². The van der Waals surface area contributed by atoms with Gasteiger partial charge in [0, 0.05) is 26.0 Å². The molecule has 0 aliphatic rings. The van der Waals surface area contributed by atoms with Crippen LogP contribution in [0.3, 0.4) is 0 Å². The van der Waals surface area contributed by atoms with Crippen molar-refractivity contribution < 1.29 is 0 Å². The molecule has 0 fully saturated rings. The smallest absolute Gasteiger partial charge is 0.0827 e. The number of nitrogens with zero attached hydrogens (tertiary/aromatic N) is 3. The van der Waals surface area contributed by atoms with Crippen LogP contribution in [0.4, 0.5) is 5.69 Å². The van der Waals surface area contributed by atoms with E-state index in [1.807, 2.05) is 30.8 Å². The molecule has 0 radical (unpaired) electrons. The molecular weight excluding hydrogens is 200 g/mol. The quantitative estimate of drug-likeness (QED) is 0.853. The second-order valence-corrected chi connectivity index (χ2v) is 3.88. The second kappa shape index (κ2) is 4.35. The zero-order valence-electron chi connectivity index (χ0n) is 9.86. The van der Waals surface area contributed by atoms with E-state index in [4.69, 9.17) is 0 Å². The van der Waals surface area contributed by atoms with Gasteiger partial charge in [-0.1, -0.05) is 0 Å². The number of rotatable bonds is 3. The third-order valence-electron chi connectivity index (χ3n) is 2.73. The van der Waals surface area contributed by atoms with Crippen molar-refractivity contribution in [2.45, 2.75) is 20.4 Å². The Balaban J connectivity index is 2.11. The van der Waals surface area contributed by atoms with E-state index in [-0.39, 0.29) is 0 Å². The van der Waals surface area contributed by atoms with E-state index in [0.29, 0.717) is 0 Å². The Labute approximate surface area is 95.3 Å². The molecule has 4 nitrogen and oxygen atoms in total. The lowest BCUT2D eigenvalue weighted by molar-refractivity contribution is 0.731. The minimum atomic E-state index is 0.801. The maximum absolute atomic E-state index is 4.36. The highest BCUT2D eigenvalue weighted by molar-refractivity contribution is 5.52. The molecule has 0 aliphatic carbocycles. The zero-order chi connectivity index (χ0) is 11.5. The van der Waals surface area contributed by atoms with Crippen molar-refractivity contribution in [1.82, 2.24) is 14.8 Å². The summed E-state index contributed by atoms with van der Waals surface area (Å²) in [5.41, 5.74) is 4.54. The first-order chi connectivity index (χ1) is 7.68. The predicted molar refractivity (Wildman–Crippen MR) is 64.2 cm³/mol. The number of anilines is 1. The van der Waals surface area contributed by atoms with Crippen molar-refractivity contribution >= 4 is 5.69 Å². The molecule has 2 rings (SSSR count). The fourth-order valence-corrected chi connectivity index (χ4v) is 1.72. The number of hydrogen-bond donors (Lipinski definition) is 1. The third kappa shape index (κ3) is 2.05. The van der Waals surface area contributed by atoms with Gasteiger partial charge in [-0.15, -0.1) is 0 Å². The molecule has 2 aromatic rings. The normalized spacial score (nSPS) is 10.4. The maximum atomic E-state index is 4.36. The minimum absolute atomic E-state index is 0.801. The number of hydrogen-bond acceptors (Lipinski definition) is 3. The molecule has 84 valence electrons. The lowest BCUT2D eigenvalue weighted by Gasteiger charge is -2.06. The summed E-state index contributed by atoms with van der Waals surface area (Å²) in [5.74, 6) is 0. The van der Waals surface area contributed by atoms with Crippen LogP contribution < -0.4 is 5.32 Å². The molecule has 0 amide bonds. The number of aryl methyl sites for hydroxylation is 2. The van der Waals surface area contributed by atoms with Gasteiger partial charge in [-0.2, -0.15) is 5.10 Å². The van der Waals surface area contributed by atoms with E-state index < -0.39 is 0 Å². The van der Waals surface area contributed by atoms with Gasteiger partial charge in [-0.05, 0) is 31.5 Å². The highest BCUT2D eigenvalue weighted by Crippen LogP contribution is 2.18. The van der Waals surface area contributed by atoms with E-state index in [1.54, 1.807) is 12.4 Å². The lowest BCUT2D eigenvalue weighted by atomic mass is 10.2. The van der Waals surface area contributed by atoms with Crippen LogP contribution in [0, 0.1) is 13.8 Å². The van der Waals surface area contributed by atoms with Gasteiger partial charge in [0.05, 0.1) is 17.1 Å². The molecule has 0 bridgehead atoms. The standard InChI is InChI=1S/C12H16N4/c1-9-12(10(2)16(3)15-9)14-8-11-4-6-13-7-5-11/h4-7,14H,8H2,1-3H3. The van der Waals surface area contributed by atoms with E-state index in [2.05, 4.69) is 22.3 Å². The van der Waals surface area contributed by atoms with Gasteiger partial charge in [0.2, 0.25) is 0 Å². The Morgan fingerprint density at radius 2 is 1.94 bits per heavy atom. The first kappa shape index (κ1) is 10.7. The minimum Gasteiger partial charge on any atom is -0.378 e. The van der Waals surface area contributed by atoms with E-state index in [1.165, 1.54) is 5.56 Å². The molecular formula is C12H16N4. The molecule has 0 atom stereocenters. The molecule has 0 unspecified atom stereocenters. The molecule has 0 spiro atoms. The molecule has 1 N–H and O–H groups in total. The Hall–Kier alpha value is -1.84. The number of pyridine rings is 1. The largest absolute Gasteiger partial charge is 0.378 e. The summed E-state index contributed by atoms with van der Waals surface area (Å²) in [4.78, 5) is 4.00. The number of aromatic nitrogens is 3. The Morgan fingerprint density at radius 1 is 1.25 bits per heavy atom. The summed E-state index contributed by atoms with van der Waals surface area (Å²) in [6.07, 6.45) is 3.61. The van der Waals surface area contributed by atoms with Crippen molar-refractivity contribution in [3.63, 3.8) is 0 Å². The summed E-state index contributed by atoms with van der Waals surface area (Å²) >= 11 is 0. The topological polar surface area (TPSA) is 42.7 Å². The second-order valence-electron chi connectivity index (χ2n) is 3.88. The van der Waals surface area contributed by atoms with Crippen LogP contribution in [0.2, 0.25) is 0 Å². The SMILES string of the molecule is Cc1nn(C)c(C)c1NCc1ccncc1. The van der Waals surface area contributed by atoms with Crippen LogP contribution in [-0.4, -0.2) is 14.8 Å². The molecule has 0 saturated carbocycles. The average Bonchev–Trinajstić information content (AvgIpc) is 2.53. The summed E-state index contributed by atoms with van der Waals surface area (Å²) in [5, 5.41) is 7.77. The molecule has 0 aromatic carbocycles. The molecule has 2 heterocycles. The highest BCUT2D eigenvalue weighted by atomic mass is 15.3. The van der Waals surface area contributed by atoms with E-state index >= 15 is 0 Å². The molecule has 16 heavy (non-hydrogen) atoms. The average molecular weight is 216 g/mol. The predicted octanol–water partition coefficient (Wildman–Crippen LogP) is 2.04.